The number of aliphatic hydroxyl groups is 8. The van der Waals surface area contributed by atoms with E-state index in [1.54, 1.807) is 0 Å². The Morgan fingerprint density at radius 2 is 1.62 bits per heavy atom. The maximum Gasteiger partial charge on any atom is 0.341 e. The van der Waals surface area contributed by atoms with Crippen molar-refractivity contribution in [3.8, 4) is 0 Å². The van der Waals surface area contributed by atoms with Crippen molar-refractivity contribution in [3.05, 3.63) is 0 Å². The van der Waals surface area contributed by atoms with Crippen LogP contribution in [0.25, 0.3) is 0 Å². The first-order valence-corrected chi connectivity index (χ1v) is 13.8. The summed E-state index contributed by atoms with van der Waals surface area (Å²) in [5.41, 5.74) is 17.7. The largest absolute Gasteiger partial charge is 0.395 e. The molecule has 19 heteroatoms. The fraction of sp³-hybridized carbons (Fsp3) is 0.957. The SMILES string of the molecule is NCCN(O)C(=O)NC1CC(N)C(C2OC(CNCCO)C(O)C(O)C2O)C(O)C1OC1OC(CO)C(O)C(N)C1O. The Morgan fingerprint density at radius 3 is 2.24 bits per heavy atom. The van der Waals surface area contributed by atoms with Gasteiger partial charge in [0.15, 0.2) is 6.29 Å². The molecule has 0 aromatic carbocycles. The first-order valence-electron chi connectivity index (χ1n) is 13.8. The highest BCUT2D eigenvalue weighted by Gasteiger charge is 2.55. The van der Waals surface area contributed by atoms with E-state index in [0.29, 0.717) is 5.06 Å². The van der Waals surface area contributed by atoms with Gasteiger partial charge < -0.3 is 82.9 Å². The minimum absolute atomic E-state index is 0.0307. The number of urea groups is 1. The second-order valence-electron chi connectivity index (χ2n) is 10.9. The van der Waals surface area contributed by atoms with Gasteiger partial charge in [0.25, 0.3) is 0 Å². The second-order valence-corrected chi connectivity index (χ2v) is 10.9. The maximum atomic E-state index is 12.6. The van der Waals surface area contributed by atoms with E-state index in [0.717, 1.165) is 0 Å². The van der Waals surface area contributed by atoms with E-state index in [4.69, 9.17) is 36.5 Å². The highest BCUT2D eigenvalue weighted by molar-refractivity contribution is 5.73. The molecule has 0 radical (unpaired) electrons. The number of carbonyl (C=O) groups excluding carboxylic acids is 1. The first-order chi connectivity index (χ1) is 19.9. The van der Waals surface area contributed by atoms with Gasteiger partial charge in [0.1, 0.15) is 42.7 Å². The van der Waals surface area contributed by atoms with E-state index in [1.807, 2.05) is 0 Å². The third-order valence-electron chi connectivity index (χ3n) is 8.02. The molecule has 19 nitrogen and oxygen atoms in total. The highest BCUT2D eigenvalue weighted by atomic mass is 16.7. The molecule has 0 aromatic rings. The lowest BCUT2D eigenvalue weighted by atomic mass is 9.72. The van der Waals surface area contributed by atoms with Crippen LogP contribution in [0.5, 0.6) is 0 Å². The molecule has 3 rings (SSSR count). The molecule has 1 aliphatic carbocycles. The molecule has 2 amide bonds. The zero-order chi connectivity index (χ0) is 31.3. The van der Waals surface area contributed by atoms with Gasteiger partial charge in [0, 0.05) is 31.6 Å². The molecular weight excluding hydrogens is 568 g/mol. The molecule has 2 aliphatic heterocycles. The van der Waals surface area contributed by atoms with Crippen molar-refractivity contribution in [1.29, 1.82) is 0 Å². The van der Waals surface area contributed by atoms with E-state index >= 15 is 0 Å². The van der Waals surface area contributed by atoms with Crippen molar-refractivity contribution in [2.75, 3.05) is 39.4 Å². The van der Waals surface area contributed by atoms with E-state index in [9.17, 15) is 45.7 Å². The fourth-order valence-electron chi connectivity index (χ4n) is 5.68. The van der Waals surface area contributed by atoms with Crippen molar-refractivity contribution in [2.24, 2.45) is 23.1 Å². The summed E-state index contributed by atoms with van der Waals surface area (Å²) < 4.78 is 17.3. The number of nitrogens with one attached hydrogen (secondary N) is 2. The van der Waals surface area contributed by atoms with Gasteiger partial charge in [-0.2, -0.15) is 0 Å². The predicted molar refractivity (Wildman–Crippen MR) is 139 cm³/mol. The molecule has 42 heavy (non-hydrogen) atoms. The van der Waals surface area contributed by atoms with E-state index in [-0.39, 0.29) is 39.2 Å². The minimum atomic E-state index is -1.72. The Morgan fingerprint density at radius 1 is 0.929 bits per heavy atom. The average molecular weight is 615 g/mol. The van der Waals surface area contributed by atoms with Crippen molar-refractivity contribution < 1.29 is 65.1 Å². The van der Waals surface area contributed by atoms with E-state index < -0.39 is 104 Å². The Balaban J connectivity index is 1.90. The topological polar surface area (TPSA) is 332 Å². The standard InChI is InChI=1S/C23H46N6O13/c24-1-3-29(39)23(38)28-9-5-8(25)12(21-19(37)18(36)15(33)10(40-21)6-27-2-4-30)16(34)20(9)42-22-17(35)13(26)14(32)11(7-31)41-22/h8-22,27,30-37,39H,1-7,24-26H2,(H,28,38). The zero-order valence-corrected chi connectivity index (χ0v) is 22.9. The lowest BCUT2D eigenvalue weighted by Crippen LogP contribution is -2.71. The molecule has 3 fully saturated rings. The van der Waals surface area contributed by atoms with Gasteiger partial charge in [-0.05, 0) is 6.42 Å². The lowest BCUT2D eigenvalue weighted by molar-refractivity contribution is -0.310. The Kier molecular flexibility index (Phi) is 13.0. The first kappa shape index (κ1) is 35.1. The van der Waals surface area contributed by atoms with Gasteiger partial charge in [-0.25, -0.2) is 9.86 Å². The predicted octanol–water partition coefficient (Wildman–Crippen LogP) is -7.99. The number of aliphatic hydroxyl groups excluding tert-OH is 8. The molecule has 15 atom stereocenters. The summed E-state index contributed by atoms with van der Waals surface area (Å²) >= 11 is 0. The summed E-state index contributed by atoms with van der Waals surface area (Å²) in [7, 11) is 0. The average Bonchev–Trinajstić information content (AvgIpc) is 2.95. The van der Waals surface area contributed by atoms with Crippen molar-refractivity contribution in [2.45, 2.75) is 91.9 Å². The molecule has 2 saturated heterocycles. The summed E-state index contributed by atoms with van der Waals surface area (Å²) in [6, 6.07) is -4.50. The molecule has 0 aromatic heterocycles. The molecule has 17 N–H and O–H groups in total. The Labute approximate surface area is 241 Å². The van der Waals surface area contributed by atoms with Crippen LogP contribution in [0.4, 0.5) is 4.79 Å². The molecule has 3 aliphatic rings. The smallest absolute Gasteiger partial charge is 0.341 e. The Hall–Kier alpha value is -1.37. The molecule has 15 unspecified atom stereocenters. The van der Waals surface area contributed by atoms with Gasteiger partial charge in [-0.15, -0.1) is 0 Å². The van der Waals surface area contributed by atoms with E-state index in [2.05, 4.69) is 10.6 Å². The number of ether oxygens (including phenoxy) is 3. The molecule has 0 bridgehead atoms. The quantitative estimate of drug-likeness (QED) is 0.0583. The number of carbonyl (C=O) groups is 1. The van der Waals surface area contributed by atoms with Gasteiger partial charge in [0.2, 0.25) is 0 Å². The molecule has 246 valence electrons. The van der Waals surface area contributed by atoms with Crippen LogP contribution in [-0.4, -0.2) is 182 Å². The number of hydrogen-bond acceptors (Lipinski definition) is 17. The fourth-order valence-corrected chi connectivity index (χ4v) is 5.68. The summed E-state index contributed by atoms with van der Waals surface area (Å²) in [6.45, 7) is -1.07. The summed E-state index contributed by atoms with van der Waals surface area (Å²) in [6.07, 6.45) is -16.7. The molecular formula is C23H46N6O13. The number of nitrogens with two attached hydrogens (primary N) is 3. The highest BCUT2D eigenvalue weighted by Crippen LogP contribution is 2.37. The van der Waals surface area contributed by atoms with Crippen LogP contribution in [0.3, 0.4) is 0 Å². The molecule has 2 heterocycles. The normalized spacial score (nSPS) is 44.5. The third-order valence-corrected chi connectivity index (χ3v) is 8.02. The van der Waals surface area contributed by atoms with Crippen molar-refractivity contribution in [1.82, 2.24) is 15.7 Å². The minimum Gasteiger partial charge on any atom is -0.395 e. The van der Waals surface area contributed by atoms with Crippen LogP contribution in [0.2, 0.25) is 0 Å². The van der Waals surface area contributed by atoms with Gasteiger partial charge >= 0.3 is 6.03 Å². The number of hydroxylamine groups is 2. The van der Waals surface area contributed by atoms with Crippen LogP contribution in [0.15, 0.2) is 0 Å². The van der Waals surface area contributed by atoms with Crippen LogP contribution < -0.4 is 27.8 Å². The second kappa shape index (κ2) is 15.6. The number of rotatable bonds is 11. The Bertz CT molecular complexity index is 851. The number of hydrogen-bond donors (Lipinski definition) is 14. The summed E-state index contributed by atoms with van der Waals surface area (Å²) in [4.78, 5) is 12.6. The lowest BCUT2D eigenvalue weighted by Gasteiger charge is -2.52. The van der Waals surface area contributed by atoms with Crippen molar-refractivity contribution in [3.63, 3.8) is 0 Å². The van der Waals surface area contributed by atoms with Crippen LogP contribution in [0, 0.1) is 5.92 Å². The van der Waals surface area contributed by atoms with Gasteiger partial charge in [-0.1, -0.05) is 0 Å². The van der Waals surface area contributed by atoms with Gasteiger partial charge in [-0.3, -0.25) is 5.21 Å². The third kappa shape index (κ3) is 7.64. The zero-order valence-electron chi connectivity index (χ0n) is 22.9. The van der Waals surface area contributed by atoms with Gasteiger partial charge in [0.05, 0.1) is 50.2 Å². The maximum absolute atomic E-state index is 12.6. The van der Waals surface area contributed by atoms with E-state index in [1.165, 1.54) is 0 Å². The molecule has 1 saturated carbocycles. The summed E-state index contributed by atoms with van der Waals surface area (Å²) in [5.74, 6) is -1.19. The van der Waals surface area contributed by atoms with Crippen LogP contribution >= 0.6 is 0 Å². The number of amides is 2. The number of nitrogens with zero attached hydrogens (tertiary/aromatic N) is 1. The van der Waals surface area contributed by atoms with Crippen LogP contribution in [0.1, 0.15) is 6.42 Å². The van der Waals surface area contributed by atoms with Crippen molar-refractivity contribution >= 4 is 6.03 Å². The molecule has 0 spiro atoms. The monoisotopic (exact) mass is 614 g/mol. The summed E-state index contributed by atoms with van der Waals surface area (Å²) in [5, 5.41) is 98.5. The van der Waals surface area contributed by atoms with Crippen LogP contribution in [-0.2, 0) is 14.2 Å².